The lowest BCUT2D eigenvalue weighted by Crippen LogP contribution is -2.03. The maximum absolute atomic E-state index is 2.39. The number of hydrogen-bond donors (Lipinski definition) is 0. The van der Waals surface area contributed by atoms with Crippen molar-refractivity contribution < 1.29 is 0 Å². The van der Waals surface area contributed by atoms with E-state index in [1.807, 2.05) is 0 Å². The fraction of sp³-hybridized carbons (Fsp3) is 0.545. The summed E-state index contributed by atoms with van der Waals surface area (Å²) in [5.41, 5.74) is 1.51. The molecule has 1 unspecified atom stereocenters. The van der Waals surface area contributed by atoms with Crippen LogP contribution in [0.25, 0.3) is 10.8 Å². The van der Waals surface area contributed by atoms with Crippen LogP contribution in [0.5, 0.6) is 0 Å². The summed E-state index contributed by atoms with van der Waals surface area (Å²) in [7, 11) is 0. The standard InChI is InChI=1S/C22H32/c1-3-5-6-7-8-9-12-19(4-2)17-20-15-16-21-13-10-11-14-22(21)18-20/h10-11,13-16,18-19H,3-9,12,17H2,1-2H3. The van der Waals surface area contributed by atoms with Gasteiger partial charge in [0.05, 0.1) is 0 Å². The van der Waals surface area contributed by atoms with Gasteiger partial charge in [0.2, 0.25) is 0 Å². The highest BCUT2D eigenvalue weighted by Gasteiger charge is 2.08. The van der Waals surface area contributed by atoms with E-state index in [2.05, 4.69) is 56.3 Å². The first-order chi connectivity index (χ1) is 10.8. The lowest BCUT2D eigenvalue weighted by atomic mass is 9.90. The molecule has 120 valence electrons. The molecule has 1 atom stereocenters. The van der Waals surface area contributed by atoms with Crippen molar-refractivity contribution in [1.29, 1.82) is 0 Å². The third kappa shape index (κ3) is 5.48. The van der Waals surface area contributed by atoms with E-state index < -0.39 is 0 Å². The minimum Gasteiger partial charge on any atom is -0.0654 e. The Morgan fingerprint density at radius 1 is 0.773 bits per heavy atom. The SMILES string of the molecule is CCCCCCCCC(CC)Cc1ccc2ccccc2c1. The molecular weight excluding hydrogens is 264 g/mol. The molecule has 0 aliphatic rings. The third-order valence-corrected chi connectivity index (χ3v) is 4.88. The molecule has 0 heteroatoms. The first kappa shape index (κ1) is 17.1. The second-order valence-corrected chi connectivity index (χ2v) is 6.72. The number of rotatable bonds is 10. The lowest BCUT2D eigenvalue weighted by molar-refractivity contribution is 0.436. The maximum Gasteiger partial charge on any atom is -0.0181 e. The zero-order chi connectivity index (χ0) is 15.6. The Bertz CT molecular complexity index is 540. The van der Waals surface area contributed by atoms with E-state index in [1.54, 1.807) is 0 Å². The summed E-state index contributed by atoms with van der Waals surface area (Å²) in [5.74, 6) is 0.854. The monoisotopic (exact) mass is 296 g/mol. The summed E-state index contributed by atoms with van der Waals surface area (Å²) in [4.78, 5) is 0. The van der Waals surface area contributed by atoms with Crippen LogP contribution in [-0.2, 0) is 6.42 Å². The first-order valence-corrected chi connectivity index (χ1v) is 9.31. The fourth-order valence-electron chi connectivity index (χ4n) is 3.36. The molecule has 0 aliphatic heterocycles. The van der Waals surface area contributed by atoms with E-state index in [0.717, 1.165) is 5.92 Å². The number of hydrogen-bond acceptors (Lipinski definition) is 0. The van der Waals surface area contributed by atoms with E-state index in [9.17, 15) is 0 Å². The molecule has 2 aromatic carbocycles. The first-order valence-electron chi connectivity index (χ1n) is 9.31. The van der Waals surface area contributed by atoms with Crippen LogP contribution >= 0.6 is 0 Å². The van der Waals surface area contributed by atoms with E-state index in [1.165, 1.54) is 74.1 Å². The average molecular weight is 296 g/mol. The molecule has 2 aromatic rings. The minimum absolute atomic E-state index is 0.854. The third-order valence-electron chi connectivity index (χ3n) is 4.88. The zero-order valence-corrected chi connectivity index (χ0v) is 14.5. The van der Waals surface area contributed by atoms with E-state index in [-0.39, 0.29) is 0 Å². The Morgan fingerprint density at radius 2 is 1.50 bits per heavy atom. The molecule has 0 N–H and O–H groups in total. The van der Waals surface area contributed by atoms with Crippen molar-refractivity contribution in [2.45, 2.75) is 71.6 Å². The Labute approximate surface area is 136 Å². The molecule has 0 aromatic heterocycles. The van der Waals surface area contributed by atoms with Crippen molar-refractivity contribution >= 4 is 10.8 Å². The molecule has 0 radical (unpaired) electrons. The molecule has 0 nitrogen and oxygen atoms in total. The van der Waals surface area contributed by atoms with Gasteiger partial charge in [0.1, 0.15) is 0 Å². The minimum atomic E-state index is 0.854. The van der Waals surface area contributed by atoms with Crippen molar-refractivity contribution in [3.8, 4) is 0 Å². The van der Waals surface area contributed by atoms with E-state index >= 15 is 0 Å². The Morgan fingerprint density at radius 3 is 2.27 bits per heavy atom. The normalized spacial score (nSPS) is 12.6. The summed E-state index contributed by atoms with van der Waals surface area (Å²) in [6.07, 6.45) is 12.4. The Hall–Kier alpha value is -1.30. The maximum atomic E-state index is 2.39. The van der Waals surface area contributed by atoms with Gasteiger partial charge in [-0.1, -0.05) is 108 Å². The van der Waals surface area contributed by atoms with E-state index in [0.29, 0.717) is 0 Å². The number of unbranched alkanes of at least 4 members (excludes halogenated alkanes) is 5. The van der Waals surface area contributed by atoms with Crippen LogP contribution in [0.1, 0.15) is 70.8 Å². The second-order valence-electron chi connectivity index (χ2n) is 6.72. The molecular formula is C22H32. The van der Waals surface area contributed by atoms with Crippen LogP contribution in [0.3, 0.4) is 0 Å². The topological polar surface area (TPSA) is 0 Å². The quantitative estimate of drug-likeness (QED) is 0.408. The summed E-state index contributed by atoms with van der Waals surface area (Å²) < 4.78 is 0. The van der Waals surface area contributed by atoms with Crippen LogP contribution in [0, 0.1) is 5.92 Å². The van der Waals surface area contributed by atoms with Gasteiger partial charge in [0.15, 0.2) is 0 Å². The van der Waals surface area contributed by atoms with Gasteiger partial charge in [0, 0.05) is 0 Å². The lowest BCUT2D eigenvalue weighted by Gasteiger charge is -2.15. The van der Waals surface area contributed by atoms with Gasteiger partial charge in [-0.15, -0.1) is 0 Å². The zero-order valence-electron chi connectivity index (χ0n) is 14.5. The van der Waals surface area contributed by atoms with Crippen LogP contribution in [0.2, 0.25) is 0 Å². The van der Waals surface area contributed by atoms with Gasteiger partial charge in [0.25, 0.3) is 0 Å². The van der Waals surface area contributed by atoms with Crippen molar-refractivity contribution in [3.63, 3.8) is 0 Å². The highest BCUT2D eigenvalue weighted by Crippen LogP contribution is 2.22. The average Bonchev–Trinajstić information content (AvgIpc) is 2.56. The van der Waals surface area contributed by atoms with Crippen LogP contribution in [-0.4, -0.2) is 0 Å². The number of benzene rings is 2. The fourth-order valence-corrected chi connectivity index (χ4v) is 3.36. The highest BCUT2D eigenvalue weighted by molar-refractivity contribution is 5.82. The van der Waals surface area contributed by atoms with Crippen molar-refractivity contribution in [2.24, 2.45) is 5.92 Å². The Balaban J connectivity index is 1.80. The van der Waals surface area contributed by atoms with Crippen LogP contribution < -0.4 is 0 Å². The largest absolute Gasteiger partial charge is 0.0654 e. The molecule has 0 amide bonds. The molecule has 0 fully saturated rings. The number of fused-ring (bicyclic) bond motifs is 1. The predicted octanol–water partition coefficient (Wildman–Crippen LogP) is 7.16. The van der Waals surface area contributed by atoms with Crippen molar-refractivity contribution in [1.82, 2.24) is 0 Å². The van der Waals surface area contributed by atoms with Gasteiger partial charge in [-0.3, -0.25) is 0 Å². The molecule has 0 aliphatic carbocycles. The molecule has 0 spiro atoms. The predicted molar refractivity (Wildman–Crippen MR) is 99.4 cm³/mol. The van der Waals surface area contributed by atoms with Gasteiger partial charge < -0.3 is 0 Å². The van der Waals surface area contributed by atoms with Crippen molar-refractivity contribution in [2.75, 3.05) is 0 Å². The van der Waals surface area contributed by atoms with Crippen LogP contribution in [0.15, 0.2) is 42.5 Å². The molecule has 0 saturated carbocycles. The Kier molecular flexibility index (Phi) is 7.49. The van der Waals surface area contributed by atoms with Crippen LogP contribution in [0.4, 0.5) is 0 Å². The smallest absolute Gasteiger partial charge is 0.0181 e. The second kappa shape index (κ2) is 9.66. The summed E-state index contributed by atoms with van der Waals surface area (Å²) in [6.45, 7) is 4.64. The van der Waals surface area contributed by atoms with Gasteiger partial charge in [-0.25, -0.2) is 0 Å². The molecule has 0 bridgehead atoms. The van der Waals surface area contributed by atoms with Gasteiger partial charge in [-0.05, 0) is 28.7 Å². The summed E-state index contributed by atoms with van der Waals surface area (Å²) in [5, 5.41) is 2.74. The molecule has 0 heterocycles. The molecule has 2 rings (SSSR count). The molecule has 0 saturated heterocycles. The summed E-state index contributed by atoms with van der Waals surface area (Å²) in [6, 6.07) is 15.7. The summed E-state index contributed by atoms with van der Waals surface area (Å²) >= 11 is 0. The van der Waals surface area contributed by atoms with Crippen molar-refractivity contribution in [3.05, 3.63) is 48.0 Å². The van der Waals surface area contributed by atoms with E-state index in [4.69, 9.17) is 0 Å². The van der Waals surface area contributed by atoms with Gasteiger partial charge in [-0.2, -0.15) is 0 Å². The van der Waals surface area contributed by atoms with Gasteiger partial charge >= 0.3 is 0 Å². The highest BCUT2D eigenvalue weighted by atomic mass is 14.1. The molecule has 22 heavy (non-hydrogen) atoms.